The van der Waals surface area contributed by atoms with Crippen molar-refractivity contribution < 1.29 is 28.2 Å². The average Bonchev–Trinajstić information content (AvgIpc) is 3.00. The van der Waals surface area contributed by atoms with Crippen molar-refractivity contribution in [2.45, 2.75) is 13.0 Å². The quantitative estimate of drug-likeness (QED) is 0.876. The third-order valence-corrected chi connectivity index (χ3v) is 4.07. The molecule has 6 nitrogen and oxygen atoms in total. The maximum absolute atomic E-state index is 13.8. The van der Waals surface area contributed by atoms with Crippen LogP contribution in [0.15, 0.2) is 36.4 Å². The molecule has 1 atom stereocenters. The van der Waals surface area contributed by atoms with E-state index in [9.17, 15) is 23.5 Å². The number of benzene rings is 2. The van der Waals surface area contributed by atoms with E-state index in [1.165, 1.54) is 4.90 Å². The SMILES string of the molecule is CC(NC(=O)c1c(O)cc(F)cc1F)c1ccc(N2CCOC2=O)cc1. The molecule has 136 valence electrons. The lowest BCUT2D eigenvalue weighted by Crippen LogP contribution is -2.28. The van der Waals surface area contributed by atoms with Gasteiger partial charge in [0.25, 0.3) is 5.91 Å². The fourth-order valence-corrected chi connectivity index (χ4v) is 2.71. The van der Waals surface area contributed by atoms with Crippen LogP contribution in [0.2, 0.25) is 0 Å². The number of hydrogen-bond acceptors (Lipinski definition) is 4. The van der Waals surface area contributed by atoms with E-state index in [2.05, 4.69) is 5.32 Å². The molecule has 1 aliphatic heterocycles. The summed E-state index contributed by atoms with van der Waals surface area (Å²) >= 11 is 0. The Labute approximate surface area is 148 Å². The summed E-state index contributed by atoms with van der Waals surface area (Å²) in [6.45, 7) is 2.48. The van der Waals surface area contributed by atoms with Crippen molar-refractivity contribution in [3.05, 3.63) is 59.2 Å². The Morgan fingerprint density at radius 1 is 1.27 bits per heavy atom. The molecular formula is C18H16F2N2O4. The lowest BCUT2D eigenvalue weighted by molar-refractivity contribution is 0.0932. The van der Waals surface area contributed by atoms with Crippen molar-refractivity contribution in [2.75, 3.05) is 18.1 Å². The van der Waals surface area contributed by atoms with Gasteiger partial charge in [-0.05, 0) is 24.6 Å². The molecule has 0 radical (unpaired) electrons. The minimum Gasteiger partial charge on any atom is -0.507 e. The van der Waals surface area contributed by atoms with Gasteiger partial charge in [-0.15, -0.1) is 0 Å². The summed E-state index contributed by atoms with van der Waals surface area (Å²) < 4.78 is 31.7. The van der Waals surface area contributed by atoms with E-state index in [4.69, 9.17) is 4.74 Å². The first-order valence-electron chi connectivity index (χ1n) is 7.90. The van der Waals surface area contributed by atoms with E-state index in [0.717, 1.165) is 0 Å². The van der Waals surface area contributed by atoms with Crippen molar-refractivity contribution in [1.82, 2.24) is 5.32 Å². The van der Waals surface area contributed by atoms with Crippen LogP contribution in [-0.2, 0) is 4.74 Å². The summed E-state index contributed by atoms with van der Waals surface area (Å²) in [6.07, 6.45) is -0.415. The molecule has 1 heterocycles. The van der Waals surface area contributed by atoms with Gasteiger partial charge in [0.2, 0.25) is 0 Å². The zero-order valence-corrected chi connectivity index (χ0v) is 13.8. The minimum absolute atomic E-state index is 0.333. The fraction of sp³-hybridized carbons (Fsp3) is 0.222. The van der Waals surface area contributed by atoms with Crippen LogP contribution >= 0.6 is 0 Å². The highest BCUT2D eigenvalue weighted by atomic mass is 19.1. The number of amides is 2. The molecule has 0 aliphatic carbocycles. The first kappa shape index (κ1) is 17.7. The Hall–Kier alpha value is -3.16. The third kappa shape index (κ3) is 3.44. The number of halogens is 2. The summed E-state index contributed by atoms with van der Waals surface area (Å²) in [5.41, 5.74) is 0.753. The number of aromatic hydroxyl groups is 1. The molecule has 0 aromatic heterocycles. The van der Waals surface area contributed by atoms with Crippen molar-refractivity contribution in [2.24, 2.45) is 0 Å². The van der Waals surface area contributed by atoms with Gasteiger partial charge in [-0.1, -0.05) is 12.1 Å². The second-order valence-electron chi connectivity index (χ2n) is 5.83. The number of phenols is 1. The monoisotopic (exact) mass is 362 g/mol. The van der Waals surface area contributed by atoms with Crippen molar-refractivity contribution in [1.29, 1.82) is 0 Å². The normalized spacial score (nSPS) is 14.9. The van der Waals surface area contributed by atoms with E-state index in [0.29, 0.717) is 36.5 Å². The van der Waals surface area contributed by atoms with Crippen LogP contribution in [0.25, 0.3) is 0 Å². The largest absolute Gasteiger partial charge is 0.507 e. The number of phenolic OH excluding ortho intramolecular Hbond substituents is 1. The number of carbonyl (C=O) groups excluding carboxylic acids is 2. The molecule has 1 aliphatic rings. The molecule has 1 saturated heterocycles. The van der Waals surface area contributed by atoms with Gasteiger partial charge in [0.15, 0.2) is 0 Å². The molecule has 2 aromatic rings. The Morgan fingerprint density at radius 3 is 2.54 bits per heavy atom. The van der Waals surface area contributed by atoms with Crippen molar-refractivity contribution >= 4 is 17.7 Å². The predicted octanol–water partition coefficient (Wildman–Crippen LogP) is 3.12. The predicted molar refractivity (Wildman–Crippen MR) is 89.0 cm³/mol. The third-order valence-electron chi connectivity index (χ3n) is 4.07. The molecule has 0 spiro atoms. The number of anilines is 1. The maximum Gasteiger partial charge on any atom is 0.414 e. The van der Waals surface area contributed by atoms with Gasteiger partial charge >= 0.3 is 6.09 Å². The standard InChI is InChI=1S/C18H16F2N2O4/c1-10(21-17(24)16-14(20)8-12(19)9-15(16)23)11-2-4-13(5-3-11)22-6-7-26-18(22)25/h2-5,8-10,23H,6-7H2,1H3,(H,21,24). The smallest absolute Gasteiger partial charge is 0.414 e. The van der Waals surface area contributed by atoms with Crippen LogP contribution < -0.4 is 10.2 Å². The summed E-state index contributed by atoms with van der Waals surface area (Å²) in [7, 11) is 0. The van der Waals surface area contributed by atoms with Crippen molar-refractivity contribution in [3.63, 3.8) is 0 Å². The molecule has 3 rings (SSSR count). The first-order chi connectivity index (χ1) is 12.4. The fourth-order valence-electron chi connectivity index (χ4n) is 2.71. The average molecular weight is 362 g/mol. The highest BCUT2D eigenvalue weighted by Crippen LogP contribution is 2.25. The number of rotatable bonds is 4. The van der Waals surface area contributed by atoms with Crippen molar-refractivity contribution in [3.8, 4) is 5.75 Å². The molecule has 1 fully saturated rings. The molecule has 2 amide bonds. The van der Waals surface area contributed by atoms with E-state index < -0.39 is 41.0 Å². The van der Waals surface area contributed by atoms with Crippen LogP contribution in [0.5, 0.6) is 5.75 Å². The Morgan fingerprint density at radius 2 is 1.96 bits per heavy atom. The number of carbonyl (C=O) groups is 2. The molecule has 0 bridgehead atoms. The number of hydrogen-bond donors (Lipinski definition) is 2. The maximum atomic E-state index is 13.8. The summed E-state index contributed by atoms with van der Waals surface area (Å²) in [6, 6.07) is 7.54. The van der Waals surface area contributed by atoms with Crippen LogP contribution in [0.3, 0.4) is 0 Å². The van der Waals surface area contributed by atoms with Gasteiger partial charge in [0.05, 0.1) is 12.6 Å². The molecule has 2 N–H and O–H groups in total. The van der Waals surface area contributed by atoms with E-state index in [-0.39, 0.29) is 0 Å². The minimum atomic E-state index is -1.14. The van der Waals surface area contributed by atoms with E-state index >= 15 is 0 Å². The molecule has 1 unspecified atom stereocenters. The molecule has 2 aromatic carbocycles. The number of nitrogens with one attached hydrogen (secondary N) is 1. The Balaban J connectivity index is 1.73. The van der Waals surface area contributed by atoms with Gasteiger partial charge in [-0.2, -0.15) is 0 Å². The van der Waals surface area contributed by atoms with Crippen LogP contribution in [0.4, 0.5) is 19.3 Å². The zero-order chi connectivity index (χ0) is 18.8. The van der Waals surface area contributed by atoms with Crippen LogP contribution in [0, 0.1) is 11.6 Å². The summed E-state index contributed by atoms with van der Waals surface area (Å²) in [5, 5.41) is 12.2. The topological polar surface area (TPSA) is 78.9 Å². The second kappa shape index (κ2) is 6.99. The second-order valence-corrected chi connectivity index (χ2v) is 5.83. The van der Waals surface area contributed by atoms with Gasteiger partial charge in [-0.3, -0.25) is 9.69 Å². The Kier molecular flexibility index (Phi) is 4.75. The number of nitrogens with zero attached hydrogens (tertiary/aromatic N) is 1. The van der Waals surface area contributed by atoms with Gasteiger partial charge in [0, 0.05) is 17.8 Å². The van der Waals surface area contributed by atoms with E-state index in [1.807, 2.05) is 0 Å². The lowest BCUT2D eigenvalue weighted by atomic mass is 10.1. The molecule has 8 heteroatoms. The lowest BCUT2D eigenvalue weighted by Gasteiger charge is -2.17. The number of ether oxygens (including phenoxy) is 1. The van der Waals surface area contributed by atoms with Crippen LogP contribution in [0.1, 0.15) is 28.9 Å². The van der Waals surface area contributed by atoms with Gasteiger partial charge in [-0.25, -0.2) is 13.6 Å². The summed E-state index contributed by atoms with van der Waals surface area (Å²) in [5.74, 6) is -3.74. The summed E-state index contributed by atoms with van der Waals surface area (Å²) in [4.78, 5) is 25.2. The molecular weight excluding hydrogens is 346 g/mol. The highest BCUT2D eigenvalue weighted by Gasteiger charge is 2.24. The first-order valence-corrected chi connectivity index (χ1v) is 7.90. The number of cyclic esters (lactones) is 1. The van der Waals surface area contributed by atoms with Gasteiger partial charge in [0.1, 0.15) is 29.6 Å². The zero-order valence-electron chi connectivity index (χ0n) is 13.8. The van der Waals surface area contributed by atoms with Gasteiger partial charge < -0.3 is 15.2 Å². The molecule has 0 saturated carbocycles. The van der Waals surface area contributed by atoms with E-state index in [1.54, 1.807) is 31.2 Å². The van der Waals surface area contributed by atoms with Crippen LogP contribution in [-0.4, -0.2) is 30.3 Å². The molecule has 26 heavy (non-hydrogen) atoms. The highest BCUT2D eigenvalue weighted by molar-refractivity contribution is 5.97. The Bertz CT molecular complexity index is 832.